The van der Waals surface area contributed by atoms with Crippen LogP contribution in [0.4, 0.5) is 0 Å². The van der Waals surface area contributed by atoms with E-state index in [-0.39, 0.29) is 0 Å². The molecule has 0 bridgehead atoms. The predicted octanol–water partition coefficient (Wildman–Crippen LogP) is 2.70. The number of likely N-dealkylation sites (N-methyl/N-ethyl adjacent to an activating group) is 1. The number of nitrogens with zero attached hydrogens (tertiary/aromatic N) is 1. The average Bonchev–Trinajstić information content (AvgIpc) is 2.24. The Bertz CT molecular complexity index is 388. The fraction of sp³-hybridized carbons (Fsp3) is 0.571. The zero-order chi connectivity index (χ0) is 13.8. The van der Waals surface area contributed by atoms with Crippen molar-refractivity contribution in [3.63, 3.8) is 0 Å². The molecular weight excluding hydrogens is 294 g/mol. The Labute approximate surface area is 118 Å². The van der Waals surface area contributed by atoms with Crippen LogP contribution in [0.15, 0.2) is 22.7 Å². The Hall–Kier alpha value is -0.580. The van der Waals surface area contributed by atoms with Gasteiger partial charge in [0, 0.05) is 13.1 Å². The van der Waals surface area contributed by atoms with Crippen LogP contribution >= 0.6 is 15.9 Å². The van der Waals surface area contributed by atoms with Gasteiger partial charge in [0.1, 0.15) is 5.75 Å². The molecule has 0 aliphatic rings. The summed E-state index contributed by atoms with van der Waals surface area (Å²) in [7, 11) is 3.69. The third kappa shape index (κ3) is 5.38. The van der Waals surface area contributed by atoms with Crippen LogP contribution in [0.2, 0.25) is 0 Å². The van der Waals surface area contributed by atoms with Crippen molar-refractivity contribution in [2.24, 2.45) is 0 Å². The molecule has 18 heavy (non-hydrogen) atoms. The molecule has 0 saturated heterocycles. The quantitative estimate of drug-likeness (QED) is 0.876. The zero-order valence-electron chi connectivity index (χ0n) is 11.5. The van der Waals surface area contributed by atoms with Gasteiger partial charge in [-0.05, 0) is 60.9 Å². The summed E-state index contributed by atoms with van der Waals surface area (Å²) in [6.45, 7) is 5.24. The van der Waals surface area contributed by atoms with Crippen LogP contribution in [-0.2, 0) is 6.42 Å². The van der Waals surface area contributed by atoms with Gasteiger partial charge < -0.3 is 14.7 Å². The molecule has 4 heteroatoms. The molecule has 0 saturated carbocycles. The van der Waals surface area contributed by atoms with E-state index in [2.05, 4.69) is 33.0 Å². The van der Waals surface area contributed by atoms with Crippen LogP contribution in [0, 0.1) is 0 Å². The molecule has 102 valence electrons. The summed E-state index contributed by atoms with van der Waals surface area (Å²) in [5.74, 6) is 0.851. The van der Waals surface area contributed by atoms with Crippen molar-refractivity contribution in [1.29, 1.82) is 0 Å². The van der Waals surface area contributed by atoms with Crippen molar-refractivity contribution in [3.05, 3.63) is 28.2 Å². The second kappa shape index (κ2) is 6.55. The van der Waals surface area contributed by atoms with E-state index in [1.807, 2.05) is 27.0 Å². The first kappa shape index (κ1) is 15.5. The third-order valence-corrected chi connectivity index (χ3v) is 3.27. The number of rotatable bonds is 6. The lowest BCUT2D eigenvalue weighted by Gasteiger charge is -2.25. The Morgan fingerprint density at radius 1 is 1.39 bits per heavy atom. The molecular formula is C14H22BrNO2. The Morgan fingerprint density at radius 3 is 2.56 bits per heavy atom. The van der Waals surface area contributed by atoms with Gasteiger partial charge >= 0.3 is 0 Å². The minimum atomic E-state index is -0.644. The second-order valence-electron chi connectivity index (χ2n) is 5.27. The SMILES string of the molecule is COc1ccc(CCN(C)CC(C)(C)O)cc1Br. The van der Waals surface area contributed by atoms with E-state index in [1.54, 1.807) is 7.11 Å². The van der Waals surface area contributed by atoms with Crippen LogP contribution < -0.4 is 4.74 Å². The van der Waals surface area contributed by atoms with Gasteiger partial charge in [0.15, 0.2) is 0 Å². The molecule has 0 aliphatic carbocycles. The van der Waals surface area contributed by atoms with E-state index in [4.69, 9.17) is 4.74 Å². The van der Waals surface area contributed by atoms with Crippen LogP contribution in [0.5, 0.6) is 5.75 Å². The highest BCUT2D eigenvalue weighted by Crippen LogP contribution is 2.25. The van der Waals surface area contributed by atoms with Crippen molar-refractivity contribution in [2.75, 3.05) is 27.2 Å². The molecule has 0 unspecified atom stereocenters. The highest BCUT2D eigenvalue weighted by Gasteiger charge is 2.15. The molecule has 1 aromatic carbocycles. The monoisotopic (exact) mass is 315 g/mol. The van der Waals surface area contributed by atoms with E-state index in [0.717, 1.165) is 23.2 Å². The van der Waals surface area contributed by atoms with Crippen LogP contribution in [0.3, 0.4) is 0 Å². The largest absolute Gasteiger partial charge is 0.496 e. The van der Waals surface area contributed by atoms with Crippen LogP contribution in [0.1, 0.15) is 19.4 Å². The van der Waals surface area contributed by atoms with Gasteiger partial charge in [-0.25, -0.2) is 0 Å². The maximum absolute atomic E-state index is 9.73. The van der Waals surface area contributed by atoms with E-state index in [9.17, 15) is 5.11 Å². The highest BCUT2D eigenvalue weighted by atomic mass is 79.9. The van der Waals surface area contributed by atoms with Crippen molar-refractivity contribution in [2.45, 2.75) is 25.9 Å². The first-order valence-corrected chi connectivity index (χ1v) is 6.84. The zero-order valence-corrected chi connectivity index (χ0v) is 13.1. The van der Waals surface area contributed by atoms with Crippen LogP contribution in [-0.4, -0.2) is 42.9 Å². The summed E-state index contributed by atoms with van der Waals surface area (Å²) in [4.78, 5) is 2.14. The minimum absolute atomic E-state index is 0.644. The second-order valence-corrected chi connectivity index (χ2v) is 6.12. The fourth-order valence-corrected chi connectivity index (χ4v) is 2.51. The van der Waals surface area contributed by atoms with Gasteiger partial charge in [0.2, 0.25) is 0 Å². The van der Waals surface area contributed by atoms with E-state index in [0.29, 0.717) is 6.54 Å². The molecule has 1 rings (SSSR count). The van der Waals surface area contributed by atoms with Gasteiger partial charge in [-0.1, -0.05) is 6.07 Å². The number of aliphatic hydroxyl groups is 1. The lowest BCUT2D eigenvalue weighted by Crippen LogP contribution is -2.37. The van der Waals surface area contributed by atoms with Crippen molar-refractivity contribution in [3.8, 4) is 5.75 Å². The topological polar surface area (TPSA) is 32.7 Å². The molecule has 0 heterocycles. The number of halogens is 1. The highest BCUT2D eigenvalue weighted by molar-refractivity contribution is 9.10. The van der Waals surface area contributed by atoms with Crippen molar-refractivity contribution < 1.29 is 9.84 Å². The van der Waals surface area contributed by atoms with Gasteiger partial charge in [-0.2, -0.15) is 0 Å². The molecule has 0 amide bonds. The molecule has 0 fully saturated rings. The molecule has 1 N–H and O–H groups in total. The Morgan fingerprint density at radius 2 is 2.06 bits per heavy atom. The smallest absolute Gasteiger partial charge is 0.133 e. The number of benzene rings is 1. The summed E-state index contributed by atoms with van der Waals surface area (Å²) < 4.78 is 6.18. The van der Waals surface area contributed by atoms with Gasteiger partial charge in [-0.15, -0.1) is 0 Å². The fourth-order valence-electron chi connectivity index (χ4n) is 1.92. The molecule has 0 spiro atoms. The van der Waals surface area contributed by atoms with Crippen molar-refractivity contribution >= 4 is 15.9 Å². The molecule has 1 aromatic rings. The summed E-state index contributed by atoms with van der Waals surface area (Å²) in [5.41, 5.74) is 0.611. The lowest BCUT2D eigenvalue weighted by atomic mass is 10.1. The minimum Gasteiger partial charge on any atom is -0.496 e. The maximum atomic E-state index is 9.73. The summed E-state index contributed by atoms with van der Waals surface area (Å²) in [6.07, 6.45) is 0.954. The predicted molar refractivity (Wildman–Crippen MR) is 78.2 cm³/mol. The van der Waals surface area contributed by atoms with Crippen LogP contribution in [0.25, 0.3) is 0 Å². The number of methoxy groups -OCH3 is 1. The Kier molecular flexibility index (Phi) is 5.63. The number of hydrogen-bond donors (Lipinski definition) is 1. The summed E-state index contributed by atoms with van der Waals surface area (Å²) in [6, 6.07) is 6.12. The summed E-state index contributed by atoms with van der Waals surface area (Å²) in [5, 5.41) is 9.73. The maximum Gasteiger partial charge on any atom is 0.133 e. The first-order chi connectivity index (χ1) is 8.31. The summed E-state index contributed by atoms with van der Waals surface area (Å²) >= 11 is 3.48. The molecule has 0 aliphatic heterocycles. The average molecular weight is 316 g/mol. The van der Waals surface area contributed by atoms with Crippen molar-refractivity contribution in [1.82, 2.24) is 4.90 Å². The molecule has 0 aromatic heterocycles. The number of hydrogen-bond acceptors (Lipinski definition) is 3. The van der Waals surface area contributed by atoms with E-state index < -0.39 is 5.60 Å². The standard InChI is InChI=1S/C14H22BrNO2/c1-14(2,17)10-16(3)8-7-11-5-6-13(18-4)12(15)9-11/h5-6,9,17H,7-8,10H2,1-4H3. The lowest BCUT2D eigenvalue weighted by molar-refractivity contribution is 0.0450. The molecule has 0 atom stereocenters. The molecule has 3 nitrogen and oxygen atoms in total. The number of ether oxygens (including phenoxy) is 1. The normalized spacial score (nSPS) is 11.9. The van der Waals surface area contributed by atoms with Gasteiger partial charge in [0.05, 0.1) is 17.2 Å². The molecule has 0 radical (unpaired) electrons. The van der Waals surface area contributed by atoms with E-state index >= 15 is 0 Å². The van der Waals surface area contributed by atoms with Gasteiger partial charge in [-0.3, -0.25) is 0 Å². The first-order valence-electron chi connectivity index (χ1n) is 6.05. The third-order valence-electron chi connectivity index (χ3n) is 2.66. The Balaban J connectivity index is 2.51. The van der Waals surface area contributed by atoms with E-state index in [1.165, 1.54) is 5.56 Å². The van der Waals surface area contributed by atoms with Gasteiger partial charge in [0.25, 0.3) is 0 Å².